The molecule has 0 fully saturated rings. The molecule has 0 aliphatic rings. The average Bonchev–Trinajstić information content (AvgIpc) is 3.52. The second-order valence-electron chi connectivity index (χ2n) is 9.80. The van der Waals surface area contributed by atoms with Crippen LogP contribution >= 0.6 is 0 Å². The molecule has 6 rings (SSSR count). The van der Waals surface area contributed by atoms with E-state index in [2.05, 4.69) is 30.3 Å². The molecule has 0 aliphatic carbocycles. The summed E-state index contributed by atoms with van der Waals surface area (Å²) in [6.07, 6.45) is 2.01. The molecule has 0 aliphatic heterocycles. The fraction of sp³-hybridized carbons (Fsp3) is 0.147. The summed E-state index contributed by atoms with van der Waals surface area (Å²) >= 11 is 0. The topological polar surface area (TPSA) is 81.5 Å². The van der Waals surface area contributed by atoms with Crippen LogP contribution in [-0.4, -0.2) is 23.7 Å². The van der Waals surface area contributed by atoms with Gasteiger partial charge in [-0.25, -0.2) is 4.98 Å². The van der Waals surface area contributed by atoms with Crippen molar-refractivity contribution in [2.75, 3.05) is 13.7 Å². The predicted molar refractivity (Wildman–Crippen MR) is 156 cm³/mol. The van der Waals surface area contributed by atoms with Crippen molar-refractivity contribution in [1.82, 2.24) is 4.98 Å². The van der Waals surface area contributed by atoms with Crippen molar-refractivity contribution >= 4 is 21.7 Å². The molecular formula is C34H30N2O3. The lowest BCUT2D eigenvalue weighted by molar-refractivity contribution is 0.0134. The highest BCUT2D eigenvalue weighted by atomic mass is 16.5. The van der Waals surface area contributed by atoms with Gasteiger partial charge >= 0.3 is 0 Å². The standard InChI is InChI=1S/C34H30N2O3/c1-38-33-28(22-26-21-25(16-17-30(26)36-33)31-15-8-20-39-31)32(24-10-3-2-4-11-24)34(37,18-19-35)29-14-7-12-23-9-5-6-13-27(23)29/h2-17,20-22,32,37H,18-19,35H2,1H3. The maximum absolute atomic E-state index is 12.9. The van der Waals surface area contributed by atoms with E-state index in [0.717, 1.165) is 49.7 Å². The summed E-state index contributed by atoms with van der Waals surface area (Å²) in [6.45, 7) is 0.301. The van der Waals surface area contributed by atoms with Crippen LogP contribution in [0.15, 0.2) is 120 Å². The maximum Gasteiger partial charge on any atom is 0.217 e. The first-order valence-electron chi connectivity index (χ1n) is 13.1. The van der Waals surface area contributed by atoms with Gasteiger partial charge in [-0.2, -0.15) is 0 Å². The quantitative estimate of drug-likeness (QED) is 0.228. The molecule has 0 amide bonds. The summed E-state index contributed by atoms with van der Waals surface area (Å²) in [5.74, 6) is 0.745. The van der Waals surface area contributed by atoms with Gasteiger partial charge in [-0.05, 0) is 71.3 Å². The molecule has 2 atom stereocenters. The van der Waals surface area contributed by atoms with E-state index in [1.807, 2.05) is 78.9 Å². The Morgan fingerprint density at radius 3 is 2.44 bits per heavy atom. The normalized spacial score (nSPS) is 13.8. The second-order valence-corrected chi connectivity index (χ2v) is 9.80. The second kappa shape index (κ2) is 10.4. The summed E-state index contributed by atoms with van der Waals surface area (Å²) in [6, 6.07) is 36.1. The third kappa shape index (κ3) is 4.46. The number of methoxy groups -OCH3 is 1. The molecule has 0 radical (unpaired) electrons. The van der Waals surface area contributed by atoms with Crippen molar-refractivity contribution in [3.05, 3.63) is 132 Å². The Morgan fingerprint density at radius 1 is 0.872 bits per heavy atom. The molecule has 0 bridgehead atoms. The number of rotatable bonds is 8. The van der Waals surface area contributed by atoms with Crippen LogP contribution in [-0.2, 0) is 5.60 Å². The van der Waals surface area contributed by atoms with Crippen LogP contribution in [0, 0.1) is 0 Å². The van der Waals surface area contributed by atoms with E-state index in [4.69, 9.17) is 19.9 Å². The lowest BCUT2D eigenvalue weighted by Crippen LogP contribution is -2.37. The predicted octanol–water partition coefficient (Wildman–Crippen LogP) is 7.03. The molecule has 0 spiro atoms. The molecule has 2 aromatic heterocycles. The van der Waals surface area contributed by atoms with Crippen molar-refractivity contribution in [2.45, 2.75) is 17.9 Å². The highest BCUT2D eigenvalue weighted by Gasteiger charge is 2.42. The molecule has 5 heteroatoms. The number of furan rings is 1. The molecule has 2 heterocycles. The summed E-state index contributed by atoms with van der Waals surface area (Å²) in [5, 5.41) is 15.8. The molecule has 2 unspecified atom stereocenters. The van der Waals surface area contributed by atoms with Crippen LogP contribution in [0.4, 0.5) is 0 Å². The first-order valence-corrected chi connectivity index (χ1v) is 13.1. The maximum atomic E-state index is 12.9. The fourth-order valence-electron chi connectivity index (χ4n) is 5.76. The number of nitrogens with zero attached hydrogens (tertiary/aromatic N) is 1. The van der Waals surface area contributed by atoms with E-state index >= 15 is 0 Å². The van der Waals surface area contributed by atoms with Gasteiger partial charge in [-0.3, -0.25) is 0 Å². The SMILES string of the molecule is COc1nc2ccc(-c3ccco3)cc2cc1C(c1ccccc1)C(O)(CCN)c1cccc2ccccc12. The Bertz CT molecular complexity index is 1730. The van der Waals surface area contributed by atoms with Crippen LogP contribution in [0.2, 0.25) is 0 Å². The lowest BCUT2D eigenvalue weighted by atomic mass is 9.70. The van der Waals surface area contributed by atoms with Gasteiger partial charge in [0, 0.05) is 22.4 Å². The molecule has 5 nitrogen and oxygen atoms in total. The van der Waals surface area contributed by atoms with Gasteiger partial charge in [0.2, 0.25) is 5.88 Å². The number of pyridine rings is 1. The highest BCUT2D eigenvalue weighted by Crippen LogP contribution is 2.48. The van der Waals surface area contributed by atoms with Gasteiger partial charge in [-0.1, -0.05) is 72.8 Å². The Labute approximate surface area is 227 Å². The van der Waals surface area contributed by atoms with E-state index in [1.165, 1.54) is 0 Å². The van der Waals surface area contributed by atoms with Crippen LogP contribution in [0.3, 0.4) is 0 Å². The third-order valence-electron chi connectivity index (χ3n) is 7.51. The van der Waals surface area contributed by atoms with Crippen molar-refractivity contribution in [1.29, 1.82) is 0 Å². The Kier molecular flexibility index (Phi) is 6.61. The largest absolute Gasteiger partial charge is 0.481 e. The summed E-state index contributed by atoms with van der Waals surface area (Å²) in [7, 11) is 1.62. The number of benzene rings is 4. The molecule has 0 saturated carbocycles. The minimum absolute atomic E-state index is 0.301. The fourth-order valence-corrected chi connectivity index (χ4v) is 5.76. The Hall–Kier alpha value is -4.45. The summed E-state index contributed by atoms with van der Waals surface area (Å²) < 4.78 is 11.5. The Morgan fingerprint density at radius 2 is 1.67 bits per heavy atom. The van der Waals surface area contributed by atoms with Gasteiger partial charge in [-0.15, -0.1) is 0 Å². The van der Waals surface area contributed by atoms with Crippen molar-refractivity contribution in [2.24, 2.45) is 5.73 Å². The third-order valence-corrected chi connectivity index (χ3v) is 7.51. The molecule has 194 valence electrons. The molecule has 6 aromatic rings. The molecule has 3 N–H and O–H groups in total. The van der Waals surface area contributed by atoms with E-state index in [1.54, 1.807) is 13.4 Å². The Balaban J connectivity index is 1.64. The number of fused-ring (bicyclic) bond motifs is 2. The van der Waals surface area contributed by atoms with Crippen molar-refractivity contribution < 1.29 is 14.3 Å². The number of hydrogen-bond donors (Lipinski definition) is 2. The number of aromatic nitrogens is 1. The smallest absolute Gasteiger partial charge is 0.217 e. The van der Waals surface area contributed by atoms with Crippen LogP contribution in [0.5, 0.6) is 5.88 Å². The number of nitrogens with two attached hydrogens (primary N) is 1. The van der Waals surface area contributed by atoms with Crippen molar-refractivity contribution in [3.63, 3.8) is 0 Å². The number of hydrogen-bond acceptors (Lipinski definition) is 5. The summed E-state index contributed by atoms with van der Waals surface area (Å²) in [4.78, 5) is 4.90. The van der Waals surface area contributed by atoms with Crippen LogP contribution < -0.4 is 10.5 Å². The zero-order chi connectivity index (χ0) is 26.8. The van der Waals surface area contributed by atoms with Gasteiger partial charge in [0.1, 0.15) is 11.4 Å². The molecule has 4 aromatic carbocycles. The van der Waals surface area contributed by atoms with E-state index in [0.29, 0.717) is 18.8 Å². The van der Waals surface area contributed by atoms with Crippen LogP contribution in [0.1, 0.15) is 29.0 Å². The van der Waals surface area contributed by atoms with E-state index in [-0.39, 0.29) is 0 Å². The average molecular weight is 515 g/mol. The molecule has 39 heavy (non-hydrogen) atoms. The van der Waals surface area contributed by atoms with Gasteiger partial charge in [0.25, 0.3) is 0 Å². The zero-order valence-corrected chi connectivity index (χ0v) is 21.7. The minimum atomic E-state index is -1.35. The van der Waals surface area contributed by atoms with E-state index in [9.17, 15) is 5.11 Å². The summed E-state index contributed by atoms with van der Waals surface area (Å²) in [5.41, 5.74) is 9.17. The van der Waals surface area contributed by atoms with Crippen molar-refractivity contribution in [3.8, 4) is 17.2 Å². The highest BCUT2D eigenvalue weighted by molar-refractivity contribution is 5.87. The minimum Gasteiger partial charge on any atom is -0.481 e. The van der Waals surface area contributed by atoms with Gasteiger partial charge < -0.3 is 20.0 Å². The first kappa shape index (κ1) is 24.9. The number of ether oxygens (including phenoxy) is 1. The molecule has 0 saturated heterocycles. The molecular weight excluding hydrogens is 484 g/mol. The zero-order valence-electron chi connectivity index (χ0n) is 21.7. The first-order chi connectivity index (χ1) is 19.1. The van der Waals surface area contributed by atoms with Gasteiger partial charge in [0.15, 0.2) is 0 Å². The van der Waals surface area contributed by atoms with E-state index < -0.39 is 11.5 Å². The van der Waals surface area contributed by atoms with Crippen LogP contribution in [0.25, 0.3) is 33.0 Å². The lowest BCUT2D eigenvalue weighted by Gasteiger charge is -2.38. The van der Waals surface area contributed by atoms with Gasteiger partial charge in [0.05, 0.1) is 18.9 Å². The number of aliphatic hydroxyl groups is 1. The monoisotopic (exact) mass is 514 g/mol.